The number of hydrogen-bond acceptors (Lipinski definition) is 12. The Hall–Kier alpha value is -7.76. The summed E-state index contributed by atoms with van der Waals surface area (Å²) in [6.45, 7) is 24.4. The van der Waals surface area contributed by atoms with Crippen molar-refractivity contribution in [3.05, 3.63) is 192 Å². The SMILES string of the molecule is CC(C)(C)c1cc2c(OCC(=O)Nc3ccccc3)c(c1)Sc1cc(C(C)(C)C)cc(c1OCC(=O)Nc1ccccc1)Sc1cc(C(C)(C)C)cc(c1OCC(=O)Nc1ccccc1)Sc1cc(C(C)(C)C)cc(c1OCC(=O)Nc1ccccc1)S2. The van der Waals surface area contributed by atoms with Crippen molar-refractivity contribution >= 4 is 93.4 Å². The molecule has 0 atom stereocenters. The lowest BCUT2D eigenvalue weighted by Gasteiger charge is -2.28. The number of hydrogen-bond donors (Lipinski definition) is 4. The number of ether oxygens (including phenoxy) is 4. The molecule has 0 unspecified atom stereocenters. The number of amides is 4. The lowest BCUT2D eigenvalue weighted by molar-refractivity contribution is -0.118. The zero-order valence-corrected chi connectivity index (χ0v) is 55.2. The summed E-state index contributed by atoms with van der Waals surface area (Å²) in [4.78, 5) is 61.8. The van der Waals surface area contributed by atoms with Gasteiger partial charge in [-0.15, -0.1) is 0 Å². The third kappa shape index (κ3) is 17.3. The van der Waals surface area contributed by atoms with Crippen LogP contribution in [0.3, 0.4) is 0 Å². The number of nitrogens with one attached hydrogen (secondary N) is 4. The Morgan fingerprint density at radius 1 is 0.284 bits per heavy atom. The molecule has 88 heavy (non-hydrogen) atoms. The van der Waals surface area contributed by atoms with Gasteiger partial charge in [0.1, 0.15) is 23.0 Å². The highest BCUT2D eigenvalue weighted by Gasteiger charge is 2.32. The van der Waals surface area contributed by atoms with Crippen LogP contribution in [0.4, 0.5) is 22.7 Å². The minimum Gasteiger partial charge on any atom is -0.481 e. The van der Waals surface area contributed by atoms with Gasteiger partial charge in [0.15, 0.2) is 26.4 Å². The number of carbonyl (C=O) groups excluding carboxylic acids is 4. The van der Waals surface area contributed by atoms with Crippen molar-refractivity contribution in [1.82, 2.24) is 0 Å². The van der Waals surface area contributed by atoms with Crippen molar-refractivity contribution in [3.63, 3.8) is 0 Å². The zero-order valence-electron chi connectivity index (χ0n) is 51.9. The molecule has 0 aromatic heterocycles. The summed E-state index contributed by atoms with van der Waals surface area (Å²) in [5.41, 5.74) is 4.72. The van der Waals surface area contributed by atoms with E-state index in [9.17, 15) is 19.2 Å². The second-order valence-electron chi connectivity index (χ2n) is 25.4. The molecule has 0 saturated carbocycles. The van der Waals surface area contributed by atoms with Crippen LogP contribution in [-0.2, 0) is 40.8 Å². The molecule has 456 valence electrons. The van der Waals surface area contributed by atoms with E-state index in [-0.39, 0.29) is 50.1 Å². The fraction of sp³-hybridized carbons (Fsp3) is 0.278. The summed E-state index contributed by atoms with van der Waals surface area (Å²) >= 11 is 5.67. The summed E-state index contributed by atoms with van der Waals surface area (Å²) in [5, 5.41) is 12.0. The fourth-order valence-electron chi connectivity index (χ4n) is 9.11. The van der Waals surface area contributed by atoms with Crippen LogP contribution in [0, 0.1) is 0 Å². The van der Waals surface area contributed by atoms with Crippen LogP contribution in [0.25, 0.3) is 0 Å². The molecule has 0 spiro atoms. The van der Waals surface area contributed by atoms with Gasteiger partial charge in [-0.2, -0.15) is 0 Å². The van der Waals surface area contributed by atoms with Crippen LogP contribution < -0.4 is 40.2 Å². The first-order valence-electron chi connectivity index (χ1n) is 29.1. The molecule has 1 heterocycles. The molecule has 0 saturated heterocycles. The maximum atomic E-state index is 14.1. The highest BCUT2D eigenvalue weighted by Crippen LogP contribution is 2.56. The number of para-hydroxylation sites is 4. The Kier molecular flexibility index (Phi) is 20.4. The Morgan fingerprint density at radius 3 is 0.591 bits per heavy atom. The summed E-state index contributed by atoms with van der Waals surface area (Å²) in [6.07, 6.45) is 0. The fourth-order valence-corrected chi connectivity index (χ4v) is 13.9. The standard InChI is InChI=1S/C72H76N4O8S4/c1-69(2,3)45-33-53-65(81-41-61(77)73-49-25-17-13-18-26-49)54(34-45)86-56-36-47(71(7,8)9)38-58(67(56)83-43-63(79)75-51-29-21-15-22-30-51)88-60-40-48(72(10,11)12)39-59(68(60)84-44-64(80)76-52-31-23-16-24-32-52)87-57-37-46(70(4,5)6)35-55(85-53)66(57)82-42-62(78)74-50-27-19-14-20-28-50/h13-40H,41-44H2,1-12H3,(H,73,77)(H,74,78)(H,75,79)(H,76,80). The maximum absolute atomic E-state index is 14.1. The first kappa shape index (κ1) is 64.7. The van der Waals surface area contributed by atoms with Crippen LogP contribution >= 0.6 is 47.0 Å². The summed E-state index contributed by atoms with van der Waals surface area (Å²) in [5.74, 6) is 0.238. The van der Waals surface area contributed by atoms with Gasteiger partial charge < -0.3 is 40.2 Å². The monoisotopic (exact) mass is 1250 g/mol. The Bertz CT molecular complexity index is 3230. The van der Waals surface area contributed by atoms with E-state index in [0.29, 0.717) is 84.9 Å². The second-order valence-corrected chi connectivity index (χ2v) is 29.8. The highest BCUT2D eigenvalue weighted by molar-refractivity contribution is 8.01. The molecular formula is C72H76N4O8S4. The van der Waals surface area contributed by atoms with Gasteiger partial charge in [0, 0.05) is 22.7 Å². The van der Waals surface area contributed by atoms with E-state index in [2.05, 4.69) is 153 Å². The predicted octanol–water partition coefficient (Wildman–Crippen LogP) is 17.9. The zero-order chi connectivity index (χ0) is 63.0. The van der Waals surface area contributed by atoms with E-state index in [1.165, 1.54) is 47.0 Å². The van der Waals surface area contributed by atoms with Gasteiger partial charge in [-0.25, -0.2) is 0 Å². The highest BCUT2D eigenvalue weighted by atomic mass is 32.2. The third-order valence-electron chi connectivity index (χ3n) is 14.0. The van der Waals surface area contributed by atoms with Gasteiger partial charge >= 0.3 is 0 Å². The van der Waals surface area contributed by atoms with E-state index < -0.39 is 21.7 Å². The molecule has 1 aliphatic heterocycles. The largest absolute Gasteiger partial charge is 0.481 e. The molecule has 0 aliphatic carbocycles. The predicted molar refractivity (Wildman–Crippen MR) is 359 cm³/mol. The Morgan fingerprint density at radius 2 is 0.443 bits per heavy atom. The number of benzene rings is 8. The summed E-state index contributed by atoms with van der Waals surface area (Å²) < 4.78 is 27.7. The minimum atomic E-state index is -0.414. The van der Waals surface area contributed by atoms with Gasteiger partial charge in [0.25, 0.3) is 23.6 Å². The lowest BCUT2D eigenvalue weighted by Crippen LogP contribution is -2.21. The van der Waals surface area contributed by atoms with Crippen molar-refractivity contribution in [2.24, 2.45) is 0 Å². The van der Waals surface area contributed by atoms with Crippen LogP contribution in [-0.4, -0.2) is 50.1 Å². The summed E-state index contributed by atoms with van der Waals surface area (Å²) in [6, 6.07) is 53.8. The first-order chi connectivity index (χ1) is 41.7. The Balaban J connectivity index is 1.33. The van der Waals surface area contributed by atoms with Gasteiger partial charge in [0.05, 0.1) is 39.2 Å². The number of fused-ring (bicyclic) bond motifs is 8. The maximum Gasteiger partial charge on any atom is 0.262 e. The number of rotatable bonds is 16. The molecular weight excluding hydrogens is 1180 g/mol. The number of anilines is 4. The van der Waals surface area contributed by atoms with E-state index in [1.807, 2.05) is 121 Å². The van der Waals surface area contributed by atoms with Crippen molar-refractivity contribution in [3.8, 4) is 23.0 Å². The smallest absolute Gasteiger partial charge is 0.262 e. The van der Waals surface area contributed by atoms with E-state index in [1.54, 1.807) is 0 Å². The van der Waals surface area contributed by atoms with Crippen molar-refractivity contribution < 1.29 is 38.1 Å². The van der Waals surface area contributed by atoms with E-state index in [4.69, 9.17) is 18.9 Å². The third-order valence-corrected chi connectivity index (χ3v) is 18.2. The van der Waals surface area contributed by atoms with Gasteiger partial charge in [-0.3, -0.25) is 19.2 Å². The molecule has 8 bridgehead atoms. The molecule has 0 fully saturated rings. The van der Waals surface area contributed by atoms with Crippen molar-refractivity contribution in [2.45, 2.75) is 144 Å². The quantitative estimate of drug-likeness (QED) is 0.0728. The van der Waals surface area contributed by atoms with Gasteiger partial charge in [-0.05, 0) is 141 Å². The van der Waals surface area contributed by atoms with Crippen LogP contribution in [0.15, 0.2) is 209 Å². The van der Waals surface area contributed by atoms with E-state index in [0.717, 1.165) is 22.3 Å². The minimum absolute atomic E-state index is 0.347. The molecule has 8 aromatic carbocycles. The van der Waals surface area contributed by atoms with Crippen molar-refractivity contribution in [2.75, 3.05) is 47.7 Å². The average molecular weight is 1250 g/mol. The average Bonchev–Trinajstić information content (AvgIpc) is 1.07. The molecule has 9 rings (SSSR count). The van der Waals surface area contributed by atoms with Gasteiger partial charge in [-0.1, -0.05) is 203 Å². The van der Waals surface area contributed by atoms with Crippen LogP contribution in [0.2, 0.25) is 0 Å². The molecule has 12 nitrogen and oxygen atoms in total. The molecule has 8 aromatic rings. The topological polar surface area (TPSA) is 153 Å². The summed E-state index contributed by atoms with van der Waals surface area (Å²) in [7, 11) is 0. The normalized spacial score (nSPS) is 12.5. The first-order valence-corrected chi connectivity index (χ1v) is 32.4. The lowest BCUT2D eigenvalue weighted by atomic mass is 9.87. The van der Waals surface area contributed by atoms with Crippen LogP contribution in [0.5, 0.6) is 23.0 Å². The Labute approximate surface area is 534 Å². The van der Waals surface area contributed by atoms with E-state index >= 15 is 0 Å². The molecule has 16 heteroatoms. The van der Waals surface area contributed by atoms with Crippen LogP contribution in [0.1, 0.15) is 105 Å². The molecule has 4 amide bonds. The molecule has 4 N–H and O–H groups in total. The second kappa shape index (κ2) is 27.7. The molecule has 1 aliphatic rings. The van der Waals surface area contributed by atoms with Gasteiger partial charge in [0.2, 0.25) is 0 Å². The number of carbonyl (C=O) groups is 4. The molecule has 0 radical (unpaired) electrons. The van der Waals surface area contributed by atoms with Crippen molar-refractivity contribution in [1.29, 1.82) is 0 Å².